The number of carbonyl (C=O) groups is 2. The molecule has 2 aliphatic rings. The van der Waals surface area contributed by atoms with Crippen molar-refractivity contribution >= 4 is 28.9 Å². The van der Waals surface area contributed by atoms with Crippen LogP contribution in [0.1, 0.15) is 37.7 Å². The zero-order valence-corrected chi connectivity index (χ0v) is 18.1. The summed E-state index contributed by atoms with van der Waals surface area (Å²) in [5.41, 5.74) is 0.431. The van der Waals surface area contributed by atoms with Gasteiger partial charge in [-0.2, -0.15) is 13.2 Å². The summed E-state index contributed by atoms with van der Waals surface area (Å²) >= 11 is 0. The quantitative estimate of drug-likeness (QED) is 0.605. The average Bonchev–Trinajstić information content (AvgIpc) is 3.64. The molecule has 0 aromatic heterocycles. The molecule has 33 heavy (non-hydrogen) atoms. The maximum absolute atomic E-state index is 13.2. The van der Waals surface area contributed by atoms with Crippen molar-refractivity contribution in [2.45, 2.75) is 38.3 Å². The van der Waals surface area contributed by atoms with Crippen molar-refractivity contribution in [1.82, 2.24) is 0 Å². The molecule has 2 aromatic carbocycles. The highest BCUT2D eigenvalue weighted by Gasteiger charge is 2.32. The molecule has 1 aliphatic heterocycles. The van der Waals surface area contributed by atoms with E-state index in [4.69, 9.17) is 4.74 Å². The minimum atomic E-state index is -4.51. The van der Waals surface area contributed by atoms with Crippen LogP contribution in [0, 0.1) is 5.92 Å². The highest BCUT2D eigenvalue weighted by molar-refractivity contribution is 5.96. The number of rotatable bonds is 7. The van der Waals surface area contributed by atoms with E-state index in [1.807, 2.05) is 4.90 Å². The van der Waals surface area contributed by atoms with E-state index in [2.05, 4.69) is 10.6 Å². The Hall–Kier alpha value is -3.23. The third kappa shape index (κ3) is 6.18. The Kier molecular flexibility index (Phi) is 6.76. The molecule has 0 radical (unpaired) electrons. The van der Waals surface area contributed by atoms with Gasteiger partial charge in [0.25, 0.3) is 5.91 Å². The number of alkyl halides is 3. The van der Waals surface area contributed by atoms with Gasteiger partial charge in [0.1, 0.15) is 5.75 Å². The third-order valence-corrected chi connectivity index (χ3v) is 5.71. The van der Waals surface area contributed by atoms with Gasteiger partial charge in [-0.05, 0) is 62.4 Å². The Balaban J connectivity index is 1.42. The first-order chi connectivity index (χ1) is 15.8. The average molecular weight is 461 g/mol. The van der Waals surface area contributed by atoms with Gasteiger partial charge in [0.05, 0.1) is 16.9 Å². The normalized spacial score (nSPS) is 16.3. The summed E-state index contributed by atoms with van der Waals surface area (Å²) in [5, 5.41) is 5.39. The number of nitrogens with one attached hydrogen (secondary N) is 2. The summed E-state index contributed by atoms with van der Waals surface area (Å²) in [7, 11) is 0. The number of amides is 2. The molecular formula is C24H26F3N3O3. The first-order valence-electron chi connectivity index (χ1n) is 11.1. The van der Waals surface area contributed by atoms with Crippen LogP contribution in [0.5, 0.6) is 5.75 Å². The molecule has 6 nitrogen and oxygen atoms in total. The Labute approximate surface area is 190 Å². The zero-order chi connectivity index (χ0) is 23.4. The topological polar surface area (TPSA) is 70.7 Å². The van der Waals surface area contributed by atoms with Crippen LogP contribution in [0.4, 0.5) is 30.2 Å². The van der Waals surface area contributed by atoms with Crippen molar-refractivity contribution in [2.75, 3.05) is 35.2 Å². The molecule has 1 saturated carbocycles. The molecule has 2 fully saturated rings. The number of hydrogen-bond acceptors (Lipinski definition) is 4. The van der Waals surface area contributed by atoms with Crippen molar-refractivity contribution in [2.24, 2.45) is 5.92 Å². The predicted molar refractivity (Wildman–Crippen MR) is 119 cm³/mol. The highest BCUT2D eigenvalue weighted by atomic mass is 19.4. The number of benzene rings is 2. The van der Waals surface area contributed by atoms with E-state index in [1.54, 1.807) is 24.3 Å². The van der Waals surface area contributed by atoms with E-state index in [-0.39, 0.29) is 24.1 Å². The van der Waals surface area contributed by atoms with Crippen LogP contribution < -0.4 is 20.3 Å². The molecule has 9 heteroatoms. The van der Waals surface area contributed by atoms with Gasteiger partial charge in [0.2, 0.25) is 5.91 Å². The summed E-state index contributed by atoms with van der Waals surface area (Å²) in [4.78, 5) is 26.4. The third-order valence-electron chi connectivity index (χ3n) is 5.71. The molecule has 2 aromatic rings. The SMILES string of the molecule is O=C(COc1cccc(NC(=O)C2CC2)c1)Nc1cc(C(F)(F)F)ccc1N1CCCCC1. The monoisotopic (exact) mass is 461 g/mol. The first kappa shape index (κ1) is 22.9. The lowest BCUT2D eigenvalue weighted by Gasteiger charge is -2.31. The molecule has 0 atom stereocenters. The summed E-state index contributed by atoms with van der Waals surface area (Å²) in [6, 6.07) is 10.1. The van der Waals surface area contributed by atoms with Crippen molar-refractivity contribution in [3.63, 3.8) is 0 Å². The van der Waals surface area contributed by atoms with E-state index < -0.39 is 17.6 Å². The maximum atomic E-state index is 13.2. The Bertz CT molecular complexity index is 1020. The van der Waals surface area contributed by atoms with Gasteiger partial charge in [-0.25, -0.2) is 0 Å². The number of anilines is 3. The largest absolute Gasteiger partial charge is 0.484 e. The van der Waals surface area contributed by atoms with E-state index >= 15 is 0 Å². The Morgan fingerprint density at radius 2 is 1.76 bits per heavy atom. The van der Waals surface area contributed by atoms with E-state index in [1.165, 1.54) is 6.07 Å². The first-order valence-corrected chi connectivity index (χ1v) is 11.1. The summed E-state index contributed by atoms with van der Waals surface area (Å²) in [6.07, 6.45) is 0.235. The molecule has 2 amide bonds. The van der Waals surface area contributed by atoms with Crippen LogP contribution in [0.15, 0.2) is 42.5 Å². The fourth-order valence-electron chi connectivity index (χ4n) is 3.81. The van der Waals surface area contributed by atoms with Gasteiger partial charge in [-0.15, -0.1) is 0 Å². The fraction of sp³-hybridized carbons (Fsp3) is 0.417. The van der Waals surface area contributed by atoms with Crippen LogP contribution >= 0.6 is 0 Å². The summed E-state index contributed by atoms with van der Waals surface area (Å²) < 4.78 is 45.3. The number of ether oxygens (including phenoxy) is 1. The van der Waals surface area contributed by atoms with E-state index in [9.17, 15) is 22.8 Å². The second-order valence-corrected chi connectivity index (χ2v) is 8.41. The molecule has 0 spiro atoms. The summed E-state index contributed by atoms with van der Waals surface area (Å²) in [6.45, 7) is 1.07. The van der Waals surface area contributed by atoms with Gasteiger partial charge in [-0.3, -0.25) is 9.59 Å². The van der Waals surface area contributed by atoms with Crippen LogP contribution in [0.2, 0.25) is 0 Å². The molecule has 0 bridgehead atoms. The van der Waals surface area contributed by atoms with Crippen molar-refractivity contribution in [3.8, 4) is 5.75 Å². The predicted octanol–water partition coefficient (Wildman–Crippen LogP) is 5.06. The van der Waals surface area contributed by atoms with Gasteiger partial charge in [-0.1, -0.05) is 6.07 Å². The fourth-order valence-corrected chi connectivity index (χ4v) is 3.81. The zero-order valence-electron chi connectivity index (χ0n) is 18.1. The second kappa shape index (κ2) is 9.72. The molecule has 0 unspecified atom stereocenters. The van der Waals surface area contributed by atoms with Crippen LogP contribution in [-0.2, 0) is 15.8 Å². The maximum Gasteiger partial charge on any atom is 0.416 e. The lowest BCUT2D eigenvalue weighted by molar-refractivity contribution is -0.137. The van der Waals surface area contributed by atoms with Crippen LogP contribution in [-0.4, -0.2) is 31.5 Å². The van der Waals surface area contributed by atoms with Gasteiger partial charge in [0.15, 0.2) is 6.61 Å². The minimum Gasteiger partial charge on any atom is -0.484 e. The van der Waals surface area contributed by atoms with Gasteiger partial charge < -0.3 is 20.3 Å². The molecule has 176 valence electrons. The molecule has 2 N–H and O–H groups in total. The molecule has 1 saturated heterocycles. The van der Waals surface area contributed by atoms with Crippen molar-refractivity contribution in [1.29, 1.82) is 0 Å². The van der Waals surface area contributed by atoms with Crippen molar-refractivity contribution < 1.29 is 27.5 Å². The van der Waals surface area contributed by atoms with Crippen LogP contribution in [0.25, 0.3) is 0 Å². The number of hydrogen-bond donors (Lipinski definition) is 2. The smallest absolute Gasteiger partial charge is 0.416 e. The Morgan fingerprint density at radius 1 is 1.00 bits per heavy atom. The summed E-state index contributed by atoms with van der Waals surface area (Å²) in [5.74, 6) is -0.180. The number of nitrogens with zero attached hydrogens (tertiary/aromatic N) is 1. The second-order valence-electron chi connectivity index (χ2n) is 8.41. The molecule has 1 heterocycles. The minimum absolute atomic E-state index is 0.0420. The number of carbonyl (C=O) groups excluding carboxylic acids is 2. The van der Waals surface area contributed by atoms with Gasteiger partial charge >= 0.3 is 6.18 Å². The standard InChI is InChI=1S/C24H26F3N3O3/c25-24(26,27)17-9-10-21(30-11-2-1-3-12-30)20(13-17)29-22(31)15-33-19-6-4-5-18(14-19)28-23(32)16-7-8-16/h4-6,9-10,13-14,16H,1-3,7-8,11-12,15H2,(H,28,32)(H,29,31). The van der Waals surface area contributed by atoms with E-state index in [0.717, 1.165) is 57.3 Å². The number of piperidine rings is 1. The lowest BCUT2D eigenvalue weighted by atomic mass is 10.1. The molecular weight excluding hydrogens is 435 g/mol. The Morgan fingerprint density at radius 3 is 2.45 bits per heavy atom. The molecule has 4 rings (SSSR count). The van der Waals surface area contributed by atoms with Gasteiger partial charge in [0, 0.05) is 30.8 Å². The van der Waals surface area contributed by atoms with E-state index in [0.29, 0.717) is 17.1 Å². The van der Waals surface area contributed by atoms with Crippen molar-refractivity contribution in [3.05, 3.63) is 48.0 Å². The number of halogens is 3. The molecule has 1 aliphatic carbocycles. The van der Waals surface area contributed by atoms with Crippen LogP contribution in [0.3, 0.4) is 0 Å². The highest BCUT2D eigenvalue weighted by Crippen LogP contribution is 2.36. The lowest BCUT2D eigenvalue weighted by Crippen LogP contribution is -2.31.